The molecule has 3 N–H and O–H groups in total. The highest BCUT2D eigenvalue weighted by atomic mass is 79.9. The standard InChI is InChI=1S/C25H27BrN6O5S.2C2HF3O2/c1-15-11-17(13-27-12-15)24-29-30-25(32(24)22-20(35-3)7-6-8-21(22)36-4)31-38(33,34)16(2)23(37-5)19-10-9-18(26)14-28-19;2*3-2(4,5)1(6)7/h6-14,16,23H,1-5H3,(H,30,31);2*(H,6,7)/t16-,23+;;/m1../s1. The minimum atomic E-state index is -5.08. The maximum atomic E-state index is 13.6. The van der Waals surface area contributed by atoms with Crippen LogP contribution in [0.2, 0.25) is 0 Å². The lowest BCUT2D eigenvalue weighted by Gasteiger charge is -2.23. The monoisotopic (exact) mass is 830 g/mol. The van der Waals surface area contributed by atoms with E-state index in [1.54, 1.807) is 48.9 Å². The molecule has 284 valence electrons. The van der Waals surface area contributed by atoms with Crippen LogP contribution in [-0.4, -0.2) is 94.2 Å². The Morgan fingerprint density at radius 2 is 1.44 bits per heavy atom. The van der Waals surface area contributed by atoms with Crippen molar-refractivity contribution in [3.8, 4) is 28.6 Å². The number of carboxylic acid groups (broad SMARTS) is 2. The van der Waals surface area contributed by atoms with Gasteiger partial charge in [0.2, 0.25) is 16.0 Å². The first-order valence-electron chi connectivity index (χ1n) is 13.9. The van der Waals surface area contributed by atoms with Crippen LogP contribution in [0, 0.1) is 6.92 Å². The fraction of sp³-hybridized carbons (Fsp3) is 0.310. The Kier molecular flexibility index (Phi) is 14.9. The van der Waals surface area contributed by atoms with Crippen molar-refractivity contribution >= 4 is 43.8 Å². The van der Waals surface area contributed by atoms with Crippen LogP contribution in [-0.2, 0) is 24.3 Å². The Bertz CT molecular complexity index is 1900. The molecule has 0 saturated carbocycles. The van der Waals surface area contributed by atoms with E-state index in [1.807, 2.05) is 13.0 Å². The van der Waals surface area contributed by atoms with Crippen LogP contribution in [0.15, 0.2) is 59.5 Å². The van der Waals surface area contributed by atoms with Crippen LogP contribution in [0.1, 0.15) is 24.3 Å². The molecule has 0 radical (unpaired) electrons. The van der Waals surface area contributed by atoms with Crippen molar-refractivity contribution in [2.24, 2.45) is 0 Å². The second kappa shape index (κ2) is 17.9. The van der Waals surface area contributed by atoms with E-state index in [2.05, 4.69) is 40.8 Å². The average Bonchev–Trinajstić information content (AvgIpc) is 3.47. The third-order valence-corrected chi connectivity index (χ3v) is 8.51. The highest BCUT2D eigenvalue weighted by molar-refractivity contribution is 9.10. The van der Waals surface area contributed by atoms with E-state index in [9.17, 15) is 34.8 Å². The molecule has 3 heterocycles. The van der Waals surface area contributed by atoms with E-state index >= 15 is 0 Å². The minimum Gasteiger partial charge on any atom is -0.494 e. The summed E-state index contributed by atoms with van der Waals surface area (Å²) in [6.07, 6.45) is -6.10. The zero-order chi connectivity index (χ0) is 39.6. The summed E-state index contributed by atoms with van der Waals surface area (Å²) in [5, 5.41) is 21.7. The van der Waals surface area contributed by atoms with E-state index in [0.29, 0.717) is 34.3 Å². The van der Waals surface area contributed by atoms with Gasteiger partial charge >= 0.3 is 24.3 Å². The van der Waals surface area contributed by atoms with Crippen LogP contribution in [0.25, 0.3) is 17.1 Å². The molecule has 0 aliphatic carbocycles. The summed E-state index contributed by atoms with van der Waals surface area (Å²) in [6.45, 7) is 3.43. The number of sulfonamides is 1. The van der Waals surface area contributed by atoms with Crippen molar-refractivity contribution in [3.63, 3.8) is 0 Å². The zero-order valence-corrected chi connectivity index (χ0v) is 29.8. The number of carbonyl (C=O) groups is 2. The van der Waals surface area contributed by atoms with Gasteiger partial charge in [-0.3, -0.25) is 19.3 Å². The zero-order valence-electron chi connectivity index (χ0n) is 27.4. The largest absolute Gasteiger partial charge is 0.494 e. The van der Waals surface area contributed by atoms with Gasteiger partial charge in [0, 0.05) is 35.7 Å². The third-order valence-electron chi connectivity index (χ3n) is 6.35. The van der Waals surface area contributed by atoms with E-state index in [1.165, 1.54) is 32.8 Å². The summed E-state index contributed by atoms with van der Waals surface area (Å²) < 4.78 is 112. The van der Waals surface area contributed by atoms with Gasteiger partial charge in [-0.1, -0.05) is 6.07 Å². The molecule has 0 saturated heterocycles. The average molecular weight is 832 g/mol. The van der Waals surface area contributed by atoms with Gasteiger partial charge in [-0.2, -0.15) is 26.3 Å². The van der Waals surface area contributed by atoms with Crippen LogP contribution < -0.4 is 14.2 Å². The number of ether oxygens (including phenoxy) is 3. The SMILES string of the molecule is COc1cccc(OC)c1-n1c(NS(=O)(=O)[C@H](C)[C@H](OC)c2ccc(Br)cn2)nnc1-c1cncc(C)c1.O=C(O)C(F)(F)F.O=C(O)C(F)(F)F. The molecule has 4 aromatic rings. The van der Waals surface area contributed by atoms with E-state index < -0.39 is 45.7 Å². The smallest absolute Gasteiger partial charge is 0.490 e. The first-order valence-corrected chi connectivity index (χ1v) is 16.3. The molecule has 4 rings (SSSR count). The molecule has 0 spiro atoms. The maximum absolute atomic E-state index is 13.6. The van der Waals surface area contributed by atoms with E-state index in [4.69, 9.17) is 34.0 Å². The number of nitrogens with one attached hydrogen (secondary N) is 1. The van der Waals surface area contributed by atoms with Gasteiger partial charge < -0.3 is 24.4 Å². The first-order chi connectivity index (χ1) is 24.1. The second-order valence-electron chi connectivity index (χ2n) is 9.96. The number of halogens is 7. The predicted molar refractivity (Wildman–Crippen MR) is 174 cm³/mol. The highest BCUT2D eigenvalue weighted by Gasteiger charge is 2.39. The lowest BCUT2D eigenvalue weighted by Crippen LogP contribution is -2.33. The predicted octanol–water partition coefficient (Wildman–Crippen LogP) is 5.60. The Balaban J connectivity index is 0.000000564. The fourth-order valence-corrected chi connectivity index (χ4v) is 5.35. The maximum Gasteiger partial charge on any atom is 0.490 e. The molecule has 0 unspecified atom stereocenters. The fourth-order valence-electron chi connectivity index (χ4n) is 3.97. The van der Waals surface area contributed by atoms with E-state index in [-0.39, 0.29) is 5.95 Å². The van der Waals surface area contributed by atoms with Gasteiger partial charge in [-0.15, -0.1) is 10.2 Å². The van der Waals surface area contributed by atoms with Gasteiger partial charge in [0.05, 0.1) is 19.9 Å². The molecule has 0 fully saturated rings. The van der Waals surface area contributed by atoms with Crippen molar-refractivity contribution in [1.29, 1.82) is 0 Å². The topological polar surface area (TPSA) is 205 Å². The molecule has 0 aliphatic heterocycles. The number of benzene rings is 1. The Hall–Kier alpha value is -5.03. The summed E-state index contributed by atoms with van der Waals surface area (Å²) in [7, 11) is 0.381. The lowest BCUT2D eigenvalue weighted by molar-refractivity contribution is -0.193. The number of aromatic nitrogens is 5. The van der Waals surface area contributed by atoms with Gasteiger partial charge in [-0.05, 0) is 65.7 Å². The van der Waals surface area contributed by atoms with Crippen LogP contribution >= 0.6 is 15.9 Å². The molecule has 52 heavy (non-hydrogen) atoms. The quantitative estimate of drug-likeness (QED) is 0.167. The molecular formula is C29H29BrF6N6O9S. The number of pyridine rings is 2. The Labute approximate surface area is 299 Å². The molecule has 3 aromatic heterocycles. The molecular weight excluding hydrogens is 802 g/mol. The van der Waals surface area contributed by atoms with Crippen LogP contribution in [0.3, 0.4) is 0 Å². The van der Waals surface area contributed by atoms with Gasteiger partial charge in [0.1, 0.15) is 28.5 Å². The number of carboxylic acids is 2. The van der Waals surface area contributed by atoms with Crippen molar-refractivity contribution in [1.82, 2.24) is 24.7 Å². The molecule has 15 nitrogen and oxygen atoms in total. The summed E-state index contributed by atoms with van der Waals surface area (Å²) >= 11 is 3.34. The number of nitrogens with zero attached hydrogens (tertiary/aromatic N) is 5. The number of aryl methyl sites for hydroxylation is 1. The second-order valence-corrected chi connectivity index (χ2v) is 12.9. The van der Waals surface area contributed by atoms with Crippen molar-refractivity contribution < 1.29 is 68.8 Å². The minimum absolute atomic E-state index is 0.0604. The molecule has 1 aromatic carbocycles. The number of anilines is 1. The molecule has 23 heteroatoms. The number of hydrogen-bond donors (Lipinski definition) is 3. The van der Waals surface area contributed by atoms with E-state index in [0.717, 1.165) is 10.0 Å². The van der Waals surface area contributed by atoms with Gasteiger partial charge in [-0.25, -0.2) is 18.0 Å². The number of methoxy groups -OCH3 is 3. The normalized spacial score (nSPS) is 12.6. The molecule has 0 bridgehead atoms. The van der Waals surface area contributed by atoms with Gasteiger partial charge in [0.15, 0.2) is 5.82 Å². The van der Waals surface area contributed by atoms with Crippen molar-refractivity contribution in [2.75, 3.05) is 26.1 Å². The molecule has 2 atom stereocenters. The number of hydrogen-bond acceptors (Lipinski definition) is 11. The van der Waals surface area contributed by atoms with Gasteiger partial charge in [0.25, 0.3) is 0 Å². The first kappa shape index (κ1) is 43.1. The number of rotatable bonds is 10. The lowest BCUT2D eigenvalue weighted by atomic mass is 10.2. The van der Waals surface area contributed by atoms with Crippen LogP contribution in [0.5, 0.6) is 11.5 Å². The van der Waals surface area contributed by atoms with Crippen molar-refractivity contribution in [3.05, 3.63) is 70.7 Å². The molecule has 0 aliphatic rings. The number of aliphatic carboxylic acids is 2. The Morgan fingerprint density at radius 3 is 1.87 bits per heavy atom. The third kappa shape index (κ3) is 11.5. The van der Waals surface area contributed by atoms with Crippen LogP contribution in [0.4, 0.5) is 32.3 Å². The summed E-state index contributed by atoms with van der Waals surface area (Å²) in [4.78, 5) is 26.4. The molecule has 0 amide bonds. The summed E-state index contributed by atoms with van der Waals surface area (Å²) in [5.41, 5.74) is 2.40. The Morgan fingerprint density at radius 1 is 0.904 bits per heavy atom. The van der Waals surface area contributed by atoms with Crippen molar-refractivity contribution in [2.45, 2.75) is 37.6 Å². The number of para-hydroxylation sites is 1. The summed E-state index contributed by atoms with van der Waals surface area (Å²) in [6, 6.07) is 10.6. The summed E-state index contributed by atoms with van der Waals surface area (Å²) in [5.74, 6) is -4.39. The number of alkyl halides is 6. The highest BCUT2D eigenvalue weighted by Crippen LogP contribution is 2.38.